The number of hydrogen-bond donors (Lipinski definition) is 0. The van der Waals surface area contributed by atoms with Gasteiger partial charge in [0.2, 0.25) is 0 Å². The Morgan fingerprint density at radius 3 is 1.89 bits per heavy atom. The van der Waals surface area contributed by atoms with Gasteiger partial charge in [-0.3, -0.25) is 0 Å². The quantitative estimate of drug-likeness (QED) is 0.176. The summed E-state index contributed by atoms with van der Waals surface area (Å²) in [7, 11) is 0. The number of nitrogens with zero attached hydrogens (tertiary/aromatic N) is 1. The lowest BCUT2D eigenvalue weighted by Gasteiger charge is -2.30. The Labute approximate surface area is 329 Å². The number of para-hydroxylation sites is 1. The first-order valence-corrected chi connectivity index (χ1v) is 20.0. The van der Waals surface area contributed by atoms with Crippen LogP contribution in [0.1, 0.15) is 68.4 Å². The second-order valence-corrected chi connectivity index (χ2v) is 16.8. The third-order valence-corrected chi connectivity index (χ3v) is 13.0. The molecule has 0 fully saturated rings. The maximum atomic E-state index is 7.16. The molecule has 2 heteroatoms. The van der Waals surface area contributed by atoms with Gasteiger partial charge >= 0.3 is 0 Å². The fourth-order valence-electron chi connectivity index (χ4n) is 10.1. The summed E-state index contributed by atoms with van der Waals surface area (Å²) in [5.41, 5.74) is 21.0. The minimum atomic E-state index is -0.0933. The number of fused-ring (bicyclic) bond motifs is 10. The van der Waals surface area contributed by atoms with Crippen molar-refractivity contribution in [1.82, 2.24) is 0 Å². The van der Waals surface area contributed by atoms with Crippen LogP contribution >= 0.6 is 0 Å². The Balaban J connectivity index is 1.05. The molecule has 3 aliphatic rings. The normalized spacial score (nSPS) is 15.9. The SMILES string of the molecule is CC1(C)c2ccccc2-c2ccc(-c3ccc(N(C4=CC=C(c5ccccc5)CC4)c4cccc5c4oc4c6c(ccc45)C(C)(C)c4ccccc4-6)cc3)cc21. The highest BCUT2D eigenvalue weighted by Gasteiger charge is 2.38. The van der Waals surface area contributed by atoms with Crippen LogP contribution in [0.2, 0.25) is 0 Å². The molecule has 270 valence electrons. The maximum Gasteiger partial charge on any atom is 0.159 e. The first-order chi connectivity index (χ1) is 27.3. The number of anilines is 2. The molecule has 11 rings (SSSR count). The third kappa shape index (κ3) is 4.75. The van der Waals surface area contributed by atoms with E-state index in [1.54, 1.807) is 0 Å². The maximum absolute atomic E-state index is 7.16. The van der Waals surface area contributed by atoms with E-state index in [0.717, 1.165) is 46.2 Å². The monoisotopic (exact) mass is 721 g/mol. The van der Waals surface area contributed by atoms with E-state index >= 15 is 0 Å². The Kier molecular flexibility index (Phi) is 7.11. The summed E-state index contributed by atoms with van der Waals surface area (Å²) >= 11 is 0. The highest BCUT2D eigenvalue weighted by molar-refractivity contribution is 6.14. The topological polar surface area (TPSA) is 16.4 Å². The van der Waals surface area contributed by atoms with E-state index in [2.05, 4.69) is 196 Å². The molecule has 0 aliphatic heterocycles. The van der Waals surface area contributed by atoms with Gasteiger partial charge in [-0.25, -0.2) is 0 Å². The molecule has 0 unspecified atom stereocenters. The molecule has 8 aromatic rings. The molecule has 1 heterocycles. The van der Waals surface area contributed by atoms with E-state index in [1.807, 2.05) is 0 Å². The van der Waals surface area contributed by atoms with E-state index in [9.17, 15) is 0 Å². The van der Waals surface area contributed by atoms with Crippen molar-refractivity contribution >= 4 is 38.9 Å². The molecule has 0 radical (unpaired) electrons. The predicted molar refractivity (Wildman–Crippen MR) is 235 cm³/mol. The molecule has 56 heavy (non-hydrogen) atoms. The van der Waals surface area contributed by atoms with E-state index in [0.29, 0.717) is 0 Å². The molecule has 1 aromatic heterocycles. The van der Waals surface area contributed by atoms with Gasteiger partial charge < -0.3 is 9.32 Å². The van der Waals surface area contributed by atoms with Gasteiger partial charge in [-0.2, -0.15) is 0 Å². The summed E-state index contributed by atoms with van der Waals surface area (Å²) < 4.78 is 7.16. The van der Waals surface area contributed by atoms with Crippen molar-refractivity contribution in [1.29, 1.82) is 0 Å². The van der Waals surface area contributed by atoms with E-state index in [1.165, 1.54) is 72.5 Å². The first-order valence-electron chi connectivity index (χ1n) is 20.0. The molecular formula is C54H43NO. The standard InChI is InChI=1S/C54H43NO/c1-53(2)46-19-11-9-16-44(46)50-47(53)32-31-43-42-17-12-20-49(51(42)56-52(43)50)55(38-26-21-35(22-27-38)34-13-6-5-7-14-34)39-28-23-36(24-29-39)37-25-30-41-40-15-8-10-18-45(40)54(3,4)48(41)33-37/h5-21,23-26,28-33H,22,27H2,1-4H3. The van der Waals surface area contributed by atoms with Gasteiger partial charge in [0.05, 0.1) is 5.69 Å². The van der Waals surface area contributed by atoms with Crippen molar-refractivity contribution in [3.8, 4) is 33.4 Å². The van der Waals surface area contributed by atoms with E-state index < -0.39 is 0 Å². The minimum Gasteiger partial charge on any atom is -0.453 e. The zero-order valence-electron chi connectivity index (χ0n) is 32.4. The highest BCUT2D eigenvalue weighted by atomic mass is 16.3. The van der Waals surface area contributed by atoms with Crippen molar-refractivity contribution in [3.63, 3.8) is 0 Å². The number of benzene rings is 7. The molecule has 0 saturated carbocycles. The summed E-state index contributed by atoms with van der Waals surface area (Å²) in [5.74, 6) is 0. The van der Waals surface area contributed by atoms with Gasteiger partial charge in [-0.1, -0.05) is 161 Å². The smallest absolute Gasteiger partial charge is 0.159 e. The lowest BCUT2D eigenvalue weighted by atomic mass is 9.81. The molecule has 7 aromatic carbocycles. The summed E-state index contributed by atoms with van der Waals surface area (Å²) in [6.45, 7) is 9.37. The molecule has 0 atom stereocenters. The molecule has 0 spiro atoms. The number of rotatable bonds is 5. The summed E-state index contributed by atoms with van der Waals surface area (Å²) in [6.07, 6.45) is 6.51. The van der Waals surface area contributed by atoms with Crippen molar-refractivity contribution in [2.75, 3.05) is 4.90 Å². The summed E-state index contributed by atoms with van der Waals surface area (Å²) in [5, 5.41) is 2.30. The van der Waals surface area contributed by atoms with E-state index in [-0.39, 0.29) is 10.8 Å². The van der Waals surface area contributed by atoms with Gasteiger partial charge in [-0.15, -0.1) is 0 Å². The van der Waals surface area contributed by atoms with Crippen LogP contribution in [-0.4, -0.2) is 0 Å². The average molecular weight is 722 g/mol. The van der Waals surface area contributed by atoms with Crippen molar-refractivity contribution < 1.29 is 4.42 Å². The van der Waals surface area contributed by atoms with Crippen LogP contribution in [0.25, 0.3) is 60.9 Å². The Morgan fingerprint density at radius 2 is 1.12 bits per heavy atom. The van der Waals surface area contributed by atoms with Crippen LogP contribution in [0.15, 0.2) is 174 Å². The minimum absolute atomic E-state index is 0.0402. The van der Waals surface area contributed by atoms with Crippen LogP contribution in [-0.2, 0) is 10.8 Å². The van der Waals surface area contributed by atoms with Gasteiger partial charge in [0.25, 0.3) is 0 Å². The highest BCUT2D eigenvalue weighted by Crippen LogP contribution is 2.54. The molecule has 0 N–H and O–H groups in total. The molecule has 3 aliphatic carbocycles. The first kappa shape index (κ1) is 33.0. The van der Waals surface area contributed by atoms with Gasteiger partial charge in [0.15, 0.2) is 5.58 Å². The lowest BCUT2D eigenvalue weighted by molar-refractivity contribution is 0.653. The van der Waals surface area contributed by atoms with Crippen molar-refractivity contribution in [3.05, 3.63) is 197 Å². The number of allylic oxidation sites excluding steroid dienone is 4. The van der Waals surface area contributed by atoms with Crippen molar-refractivity contribution in [2.45, 2.75) is 51.4 Å². The largest absolute Gasteiger partial charge is 0.453 e. The lowest BCUT2D eigenvalue weighted by Crippen LogP contribution is -2.18. The Morgan fingerprint density at radius 1 is 0.464 bits per heavy atom. The van der Waals surface area contributed by atoms with Crippen molar-refractivity contribution in [2.24, 2.45) is 0 Å². The molecule has 0 saturated heterocycles. The fourth-order valence-corrected chi connectivity index (χ4v) is 10.1. The third-order valence-electron chi connectivity index (χ3n) is 13.0. The Hall–Kier alpha value is -6.38. The molecular weight excluding hydrogens is 679 g/mol. The van der Waals surface area contributed by atoms with Gasteiger partial charge in [-0.05, 0) is 104 Å². The second kappa shape index (κ2) is 12.1. The predicted octanol–water partition coefficient (Wildman–Crippen LogP) is 14.8. The van der Waals surface area contributed by atoms with Crippen LogP contribution < -0.4 is 4.90 Å². The second-order valence-electron chi connectivity index (χ2n) is 16.8. The molecule has 0 bridgehead atoms. The molecule has 2 nitrogen and oxygen atoms in total. The zero-order chi connectivity index (χ0) is 37.8. The number of hydrogen-bond acceptors (Lipinski definition) is 2. The fraction of sp³-hybridized carbons (Fsp3) is 0.148. The van der Waals surface area contributed by atoms with Crippen LogP contribution in [0.5, 0.6) is 0 Å². The van der Waals surface area contributed by atoms with Crippen LogP contribution in [0, 0.1) is 0 Å². The Bertz CT molecular complexity index is 2950. The average Bonchev–Trinajstić information content (AvgIpc) is 3.82. The van der Waals surface area contributed by atoms with Crippen LogP contribution in [0.4, 0.5) is 11.4 Å². The van der Waals surface area contributed by atoms with Crippen LogP contribution in [0.3, 0.4) is 0 Å². The zero-order valence-corrected chi connectivity index (χ0v) is 32.4. The summed E-state index contributed by atoms with van der Waals surface area (Å²) in [6, 6.07) is 55.9. The van der Waals surface area contributed by atoms with Gasteiger partial charge in [0.1, 0.15) is 5.58 Å². The molecule has 0 amide bonds. The number of furan rings is 1. The van der Waals surface area contributed by atoms with E-state index in [4.69, 9.17) is 4.42 Å². The van der Waals surface area contributed by atoms with Gasteiger partial charge in [0, 0.05) is 38.6 Å². The summed E-state index contributed by atoms with van der Waals surface area (Å²) in [4.78, 5) is 2.44.